The van der Waals surface area contributed by atoms with Crippen LogP contribution in [-0.4, -0.2) is 75.0 Å². The standard InChI is InChI=1S/C22H26ClN3O5S/c1-15(21(27)25-8-10-31-11-9-25)26-7-6-20(22(26)28)24-32(29,30)19-5-4-17-12-16(14-23)2-3-18(17)13-19/h2-5,12-13,15,20,24H,6-11,14H2,1H3/t15-,20?/m0/s1. The highest BCUT2D eigenvalue weighted by Crippen LogP contribution is 2.23. The van der Waals surface area contributed by atoms with Gasteiger partial charge in [-0.1, -0.05) is 18.2 Å². The van der Waals surface area contributed by atoms with E-state index in [1.165, 1.54) is 11.0 Å². The van der Waals surface area contributed by atoms with E-state index in [0.717, 1.165) is 16.3 Å². The Morgan fingerprint density at radius 3 is 2.56 bits per heavy atom. The minimum Gasteiger partial charge on any atom is -0.378 e. The van der Waals surface area contributed by atoms with E-state index >= 15 is 0 Å². The maximum atomic E-state index is 13.0. The highest BCUT2D eigenvalue weighted by Gasteiger charge is 2.40. The van der Waals surface area contributed by atoms with Crippen LogP contribution in [0.5, 0.6) is 0 Å². The molecule has 0 spiro atoms. The first-order valence-electron chi connectivity index (χ1n) is 10.6. The zero-order valence-electron chi connectivity index (χ0n) is 17.8. The molecule has 8 nitrogen and oxygen atoms in total. The monoisotopic (exact) mass is 479 g/mol. The first-order valence-corrected chi connectivity index (χ1v) is 12.6. The molecule has 1 N–H and O–H groups in total. The summed E-state index contributed by atoms with van der Waals surface area (Å²) in [6.07, 6.45) is 0.311. The van der Waals surface area contributed by atoms with Gasteiger partial charge in [0.15, 0.2) is 0 Å². The number of amides is 2. The van der Waals surface area contributed by atoms with Gasteiger partial charge in [0.1, 0.15) is 12.1 Å². The molecule has 2 aromatic rings. The molecule has 32 heavy (non-hydrogen) atoms. The van der Waals surface area contributed by atoms with E-state index in [0.29, 0.717) is 45.1 Å². The van der Waals surface area contributed by atoms with Crippen LogP contribution in [0.15, 0.2) is 41.3 Å². The fourth-order valence-electron chi connectivity index (χ4n) is 4.16. The predicted octanol–water partition coefficient (Wildman–Crippen LogP) is 1.71. The lowest BCUT2D eigenvalue weighted by Crippen LogP contribution is -2.52. The molecule has 172 valence electrons. The number of rotatable bonds is 6. The van der Waals surface area contributed by atoms with Crippen molar-refractivity contribution in [2.24, 2.45) is 0 Å². The van der Waals surface area contributed by atoms with Crippen LogP contribution in [0.1, 0.15) is 18.9 Å². The Balaban J connectivity index is 1.46. The van der Waals surface area contributed by atoms with E-state index < -0.39 is 22.1 Å². The molecule has 2 amide bonds. The molecule has 4 rings (SSSR count). The topological polar surface area (TPSA) is 96.0 Å². The van der Waals surface area contributed by atoms with Gasteiger partial charge in [0, 0.05) is 25.5 Å². The maximum absolute atomic E-state index is 13.0. The summed E-state index contributed by atoms with van der Waals surface area (Å²) in [5.41, 5.74) is 0.949. The van der Waals surface area contributed by atoms with Crippen LogP contribution in [0, 0.1) is 0 Å². The predicted molar refractivity (Wildman–Crippen MR) is 121 cm³/mol. The summed E-state index contributed by atoms with van der Waals surface area (Å²) in [4.78, 5) is 28.9. The molecule has 2 aliphatic heterocycles. The second-order valence-corrected chi connectivity index (χ2v) is 10.1. The molecule has 2 saturated heterocycles. The van der Waals surface area contributed by atoms with Crippen molar-refractivity contribution in [2.75, 3.05) is 32.8 Å². The van der Waals surface area contributed by atoms with Gasteiger partial charge >= 0.3 is 0 Å². The van der Waals surface area contributed by atoms with Gasteiger partial charge in [-0.05, 0) is 47.9 Å². The number of alkyl halides is 1. The summed E-state index contributed by atoms with van der Waals surface area (Å²) in [6, 6.07) is 8.88. The normalized spacial score (nSPS) is 20.7. The van der Waals surface area contributed by atoms with Crippen LogP contribution >= 0.6 is 11.6 Å². The van der Waals surface area contributed by atoms with E-state index in [1.54, 1.807) is 24.0 Å². The first kappa shape index (κ1) is 23.0. The lowest BCUT2D eigenvalue weighted by atomic mass is 10.1. The van der Waals surface area contributed by atoms with Gasteiger partial charge < -0.3 is 14.5 Å². The summed E-state index contributed by atoms with van der Waals surface area (Å²) in [6.45, 7) is 3.96. The van der Waals surface area contributed by atoms with Crippen LogP contribution in [0.25, 0.3) is 10.8 Å². The van der Waals surface area contributed by atoms with Gasteiger partial charge in [0.2, 0.25) is 21.8 Å². The number of nitrogens with zero attached hydrogens (tertiary/aromatic N) is 2. The summed E-state index contributed by atoms with van der Waals surface area (Å²) in [5.74, 6) is -0.143. The van der Waals surface area contributed by atoms with Crippen molar-refractivity contribution in [3.8, 4) is 0 Å². The fourth-order valence-corrected chi connectivity index (χ4v) is 5.58. The molecule has 2 aliphatic rings. The molecule has 1 unspecified atom stereocenters. The Morgan fingerprint density at radius 1 is 1.16 bits per heavy atom. The summed E-state index contributed by atoms with van der Waals surface area (Å²) in [7, 11) is -3.91. The van der Waals surface area contributed by atoms with E-state index in [-0.39, 0.29) is 16.7 Å². The first-order chi connectivity index (χ1) is 15.3. The molecular weight excluding hydrogens is 454 g/mol. The Morgan fingerprint density at radius 2 is 1.84 bits per heavy atom. The molecule has 0 bridgehead atoms. The molecule has 2 atom stereocenters. The highest BCUT2D eigenvalue weighted by atomic mass is 35.5. The maximum Gasteiger partial charge on any atom is 0.245 e. The van der Waals surface area contributed by atoms with E-state index in [9.17, 15) is 18.0 Å². The van der Waals surface area contributed by atoms with Crippen LogP contribution in [0.3, 0.4) is 0 Å². The smallest absolute Gasteiger partial charge is 0.245 e. The van der Waals surface area contributed by atoms with Crippen LogP contribution < -0.4 is 4.72 Å². The number of carbonyl (C=O) groups excluding carboxylic acids is 2. The third-order valence-corrected chi connectivity index (χ3v) is 7.80. The highest BCUT2D eigenvalue weighted by molar-refractivity contribution is 7.89. The van der Waals surface area contributed by atoms with Crippen molar-refractivity contribution < 1.29 is 22.7 Å². The van der Waals surface area contributed by atoms with Gasteiger partial charge in [-0.2, -0.15) is 4.72 Å². The molecule has 2 heterocycles. The molecule has 0 radical (unpaired) electrons. The van der Waals surface area contributed by atoms with E-state index in [4.69, 9.17) is 16.3 Å². The Hall–Kier alpha value is -2.20. The number of morpholine rings is 1. The zero-order chi connectivity index (χ0) is 22.9. The average molecular weight is 480 g/mol. The van der Waals surface area contributed by atoms with Crippen molar-refractivity contribution in [1.29, 1.82) is 0 Å². The number of hydrogen-bond acceptors (Lipinski definition) is 5. The Labute approximate surface area is 192 Å². The molecule has 10 heteroatoms. The number of ether oxygens (including phenoxy) is 1. The quantitative estimate of drug-likeness (QED) is 0.636. The van der Waals surface area contributed by atoms with Crippen LogP contribution in [-0.2, 0) is 30.2 Å². The number of halogens is 1. The lowest BCUT2D eigenvalue weighted by Gasteiger charge is -2.32. The Bertz CT molecular complexity index is 1130. The van der Waals surface area contributed by atoms with Crippen molar-refractivity contribution in [3.05, 3.63) is 42.0 Å². The SMILES string of the molecule is C[C@@H](C(=O)N1CCOCC1)N1CCC(NS(=O)(=O)c2ccc3cc(CCl)ccc3c2)C1=O. The molecule has 2 fully saturated rings. The largest absolute Gasteiger partial charge is 0.378 e. The molecular formula is C22H26ClN3O5S. The minimum absolute atomic E-state index is 0.0901. The second-order valence-electron chi connectivity index (χ2n) is 8.08. The van der Waals surface area contributed by atoms with Gasteiger partial charge in [0.05, 0.1) is 18.1 Å². The van der Waals surface area contributed by atoms with Crippen molar-refractivity contribution in [2.45, 2.75) is 36.2 Å². The number of nitrogens with one attached hydrogen (secondary N) is 1. The van der Waals surface area contributed by atoms with Gasteiger partial charge in [-0.25, -0.2) is 8.42 Å². The number of sulfonamides is 1. The lowest BCUT2D eigenvalue weighted by molar-refractivity contribution is -0.146. The second kappa shape index (κ2) is 9.35. The number of fused-ring (bicyclic) bond motifs is 1. The van der Waals surface area contributed by atoms with Crippen LogP contribution in [0.2, 0.25) is 0 Å². The molecule has 2 aromatic carbocycles. The Kier molecular flexibility index (Phi) is 6.71. The number of benzene rings is 2. The zero-order valence-corrected chi connectivity index (χ0v) is 19.4. The van der Waals surface area contributed by atoms with E-state index in [2.05, 4.69) is 4.72 Å². The van der Waals surface area contributed by atoms with Gasteiger partial charge in [0.25, 0.3) is 0 Å². The molecule has 0 aromatic heterocycles. The van der Waals surface area contributed by atoms with Crippen molar-refractivity contribution in [1.82, 2.24) is 14.5 Å². The fraction of sp³-hybridized carbons (Fsp3) is 0.455. The third kappa shape index (κ3) is 4.61. The summed E-state index contributed by atoms with van der Waals surface area (Å²) in [5, 5.41) is 1.66. The number of hydrogen-bond donors (Lipinski definition) is 1. The van der Waals surface area contributed by atoms with E-state index in [1.807, 2.05) is 18.2 Å². The molecule has 0 aliphatic carbocycles. The number of likely N-dealkylation sites (tertiary alicyclic amines) is 1. The number of carbonyl (C=O) groups is 2. The molecule has 0 saturated carbocycles. The van der Waals surface area contributed by atoms with Gasteiger partial charge in [-0.15, -0.1) is 11.6 Å². The van der Waals surface area contributed by atoms with Crippen molar-refractivity contribution >= 4 is 44.2 Å². The minimum atomic E-state index is -3.91. The average Bonchev–Trinajstić information content (AvgIpc) is 3.17. The summed E-state index contributed by atoms with van der Waals surface area (Å²) < 4.78 is 33.7. The van der Waals surface area contributed by atoms with Gasteiger partial charge in [-0.3, -0.25) is 9.59 Å². The van der Waals surface area contributed by atoms with Crippen LogP contribution in [0.4, 0.5) is 0 Å². The summed E-state index contributed by atoms with van der Waals surface area (Å²) >= 11 is 5.87. The third-order valence-electron chi connectivity index (χ3n) is 6.03. The van der Waals surface area contributed by atoms with Crippen molar-refractivity contribution in [3.63, 3.8) is 0 Å².